The molecular weight excluding hydrogens is 400 g/mol. The van der Waals surface area contributed by atoms with Crippen molar-refractivity contribution in [1.29, 1.82) is 0 Å². The highest BCUT2D eigenvalue weighted by atomic mass is 16.2. The van der Waals surface area contributed by atoms with Gasteiger partial charge in [-0.3, -0.25) is 9.69 Å². The van der Waals surface area contributed by atoms with Crippen LogP contribution in [0.2, 0.25) is 0 Å². The zero-order valence-electron chi connectivity index (χ0n) is 19.8. The van der Waals surface area contributed by atoms with E-state index in [0.29, 0.717) is 17.9 Å². The minimum Gasteiger partial charge on any atom is -0.369 e. The Kier molecular flexibility index (Phi) is 7.87. The van der Waals surface area contributed by atoms with Crippen molar-refractivity contribution in [3.8, 4) is 0 Å². The molecule has 4 rings (SSSR count). The van der Waals surface area contributed by atoms with Gasteiger partial charge in [-0.25, -0.2) is 9.98 Å². The molecule has 1 aromatic heterocycles. The molecule has 3 atom stereocenters. The molecular formula is C25H42N6O. The highest BCUT2D eigenvalue weighted by Crippen LogP contribution is 2.40. The van der Waals surface area contributed by atoms with Crippen LogP contribution in [0, 0.1) is 11.8 Å². The number of guanidine groups is 1. The Labute approximate surface area is 193 Å². The summed E-state index contributed by atoms with van der Waals surface area (Å²) in [6.07, 6.45) is 21.1. The lowest BCUT2D eigenvalue weighted by atomic mass is 9.74. The van der Waals surface area contributed by atoms with Crippen LogP contribution in [0.15, 0.2) is 23.7 Å². The predicted molar refractivity (Wildman–Crippen MR) is 128 cm³/mol. The van der Waals surface area contributed by atoms with Gasteiger partial charge in [-0.05, 0) is 56.9 Å². The Bertz CT molecular complexity index is 756. The maximum atomic E-state index is 13.3. The molecule has 7 heteroatoms. The molecule has 7 nitrogen and oxygen atoms in total. The molecule has 3 N–H and O–H groups in total. The van der Waals surface area contributed by atoms with Crippen molar-refractivity contribution in [3.05, 3.63) is 18.7 Å². The monoisotopic (exact) mass is 442 g/mol. The second-order valence-corrected chi connectivity index (χ2v) is 10.5. The van der Waals surface area contributed by atoms with E-state index >= 15 is 0 Å². The molecule has 0 unspecified atom stereocenters. The number of nitrogens with two attached hydrogens (primary N) is 1. The summed E-state index contributed by atoms with van der Waals surface area (Å²) in [6.45, 7) is 2.03. The first-order valence-corrected chi connectivity index (χ1v) is 12.9. The number of carbonyl (C=O) groups is 1. The molecule has 2 heterocycles. The number of likely N-dealkylation sites (N-methyl/N-ethyl adjacent to an activating group) is 1. The van der Waals surface area contributed by atoms with Crippen LogP contribution < -0.4 is 11.1 Å². The van der Waals surface area contributed by atoms with E-state index < -0.39 is 5.54 Å². The van der Waals surface area contributed by atoms with Crippen LogP contribution in [0.1, 0.15) is 83.5 Å². The summed E-state index contributed by atoms with van der Waals surface area (Å²) in [5.41, 5.74) is 5.52. The van der Waals surface area contributed by atoms with Crippen molar-refractivity contribution in [2.45, 2.75) is 102 Å². The summed E-state index contributed by atoms with van der Waals surface area (Å²) in [6, 6.07) is 0.544. The fraction of sp³-hybridized carbons (Fsp3) is 0.800. The van der Waals surface area contributed by atoms with Crippen molar-refractivity contribution >= 4 is 11.9 Å². The van der Waals surface area contributed by atoms with E-state index in [9.17, 15) is 4.79 Å². The van der Waals surface area contributed by atoms with Crippen LogP contribution in [0.25, 0.3) is 0 Å². The fourth-order valence-corrected chi connectivity index (χ4v) is 6.20. The lowest BCUT2D eigenvalue weighted by Gasteiger charge is -2.35. The second-order valence-electron chi connectivity index (χ2n) is 10.5. The van der Waals surface area contributed by atoms with Crippen LogP contribution in [0.5, 0.6) is 0 Å². The van der Waals surface area contributed by atoms with E-state index in [1.165, 1.54) is 51.4 Å². The van der Waals surface area contributed by atoms with Crippen LogP contribution >= 0.6 is 0 Å². The SMILES string of the molecule is CN1C(=O)[C@@](CCC2CCCCC2)(C[C@H]2CCC[C@@H](NCCCn3ccnc3)C2)N=C1N. The van der Waals surface area contributed by atoms with E-state index in [2.05, 4.69) is 14.9 Å². The number of nitrogens with one attached hydrogen (secondary N) is 1. The number of aryl methyl sites for hydroxylation is 1. The number of aliphatic imine (C=N–C) groups is 1. The average molecular weight is 443 g/mol. The van der Waals surface area contributed by atoms with Gasteiger partial charge in [-0.1, -0.05) is 44.9 Å². The largest absolute Gasteiger partial charge is 0.369 e. The Morgan fingerprint density at radius 1 is 1.16 bits per heavy atom. The third-order valence-corrected chi connectivity index (χ3v) is 8.06. The first-order chi connectivity index (χ1) is 15.6. The Morgan fingerprint density at radius 2 is 1.97 bits per heavy atom. The summed E-state index contributed by atoms with van der Waals surface area (Å²) >= 11 is 0. The molecule has 0 saturated heterocycles. The van der Waals surface area contributed by atoms with Gasteiger partial charge < -0.3 is 15.6 Å². The Morgan fingerprint density at radius 3 is 2.69 bits per heavy atom. The predicted octanol–water partition coefficient (Wildman–Crippen LogP) is 3.70. The third kappa shape index (κ3) is 5.72. The van der Waals surface area contributed by atoms with Gasteiger partial charge in [0.1, 0.15) is 5.54 Å². The Hall–Kier alpha value is -1.89. The molecule has 2 aliphatic carbocycles. The maximum Gasteiger partial charge on any atom is 0.257 e. The van der Waals surface area contributed by atoms with Crippen molar-refractivity contribution in [3.63, 3.8) is 0 Å². The highest BCUT2D eigenvalue weighted by molar-refractivity contribution is 6.06. The van der Waals surface area contributed by atoms with Crippen LogP contribution in [0.4, 0.5) is 0 Å². The minimum absolute atomic E-state index is 0.126. The molecule has 2 saturated carbocycles. The lowest BCUT2D eigenvalue weighted by Crippen LogP contribution is -2.45. The molecule has 1 aliphatic heterocycles. The molecule has 1 amide bonds. The summed E-state index contributed by atoms with van der Waals surface area (Å²) < 4.78 is 2.13. The number of nitrogens with zero attached hydrogens (tertiary/aromatic N) is 4. The van der Waals surface area contributed by atoms with E-state index in [1.54, 1.807) is 11.9 Å². The maximum absolute atomic E-state index is 13.3. The molecule has 0 aromatic carbocycles. The first kappa shape index (κ1) is 23.3. The van der Waals surface area contributed by atoms with E-state index in [-0.39, 0.29) is 5.91 Å². The molecule has 0 radical (unpaired) electrons. The summed E-state index contributed by atoms with van der Waals surface area (Å²) in [5, 5.41) is 3.77. The number of hydrogen-bond acceptors (Lipinski definition) is 5. The molecule has 178 valence electrons. The topological polar surface area (TPSA) is 88.5 Å². The number of imidazole rings is 1. The quantitative estimate of drug-likeness (QED) is 0.541. The Balaban J connectivity index is 1.31. The number of amides is 1. The molecule has 0 spiro atoms. The first-order valence-electron chi connectivity index (χ1n) is 12.9. The molecule has 2 fully saturated rings. The number of aromatic nitrogens is 2. The van der Waals surface area contributed by atoms with Gasteiger partial charge >= 0.3 is 0 Å². The second kappa shape index (κ2) is 10.8. The zero-order chi connectivity index (χ0) is 22.4. The van der Waals surface area contributed by atoms with E-state index in [4.69, 9.17) is 10.7 Å². The van der Waals surface area contributed by atoms with Gasteiger partial charge in [0.2, 0.25) is 0 Å². The molecule has 3 aliphatic rings. The summed E-state index contributed by atoms with van der Waals surface area (Å²) in [5.74, 6) is 1.82. The van der Waals surface area contributed by atoms with Crippen molar-refractivity contribution in [2.24, 2.45) is 22.6 Å². The van der Waals surface area contributed by atoms with E-state index in [1.807, 2.05) is 18.7 Å². The zero-order valence-corrected chi connectivity index (χ0v) is 19.8. The minimum atomic E-state index is -0.621. The average Bonchev–Trinajstić information content (AvgIpc) is 3.40. The van der Waals surface area contributed by atoms with Gasteiger partial charge in [-0.15, -0.1) is 0 Å². The normalized spacial score (nSPS) is 29.5. The van der Waals surface area contributed by atoms with Gasteiger partial charge in [0.15, 0.2) is 5.96 Å². The number of carbonyl (C=O) groups excluding carboxylic acids is 1. The van der Waals surface area contributed by atoms with Crippen LogP contribution in [-0.4, -0.2) is 51.5 Å². The van der Waals surface area contributed by atoms with Gasteiger partial charge in [0.25, 0.3) is 5.91 Å². The van der Waals surface area contributed by atoms with Crippen molar-refractivity contribution < 1.29 is 4.79 Å². The standard InChI is InChI=1S/C25H42N6O/c1-30-23(32)25(29-24(30)26,12-11-20-7-3-2-4-8-20)18-21-9-5-10-22(17-21)28-13-6-15-31-16-14-27-19-31/h14,16,19-22,28H,2-13,15,17-18H2,1H3,(H2,26,29)/t21-,22+,25+/m0/s1. The van der Waals surface area contributed by atoms with Crippen molar-refractivity contribution in [1.82, 2.24) is 19.8 Å². The van der Waals surface area contributed by atoms with Crippen LogP contribution in [0.3, 0.4) is 0 Å². The highest BCUT2D eigenvalue weighted by Gasteiger charge is 2.47. The van der Waals surface area contributed by atoms with Crippen LogP contribution in [-0.2, 0) is 11.3 Å². The molecule has 0 bridgehead atoms. The molecule has 32 heavy (non-hydrogen) atoms. The van der Waals surface area contributed by atoms with Gasteiger partial charge in [-0.2, -0.15) is 0 Å². The summed E-state index contributed by atoms with van der Waals surface area (Å²) in [7, 11) is 1.79. The smallest absolute Gasteiger partial charge is 0.257 e. The van der Waals surface area contributed by atoms with E-state index in [0.717, 1.165) is 51.1 Å². The number of rotatable bonds is 10. The number of hydrogen-bond donors (Lipinski definition) is 2. The van der Waals surface area contributed by atoms with Gasteiger partial charge in [0.05, 0.1) is 6.33 Å². The van der Waals surface area contributed by atoms with Gasteiger partial charge in [0, 0.05) is 32.0 Å². The lowest BCUT2D eigenvalue weighted by molar-refractivity contribution is -0.131. The summed E-state index contributed by atoms with van der Waals surface area (Å²) in [4.78, 5) is 23.8. The van der Waals surface area contributed by atoms with Crippen molar-refractivity contribution in [2.75, 3.05) is 13.6 Å². The molecule has 1 aromatic rings. The third-order valence-electron chi connectivity index (χ3n) is 8.06. The fourth-order valence-electron chi connectivity index (χ4n) is 6.20.